The summed E-state index contributed by atoms with van der Waals surface area (Å²) in [4.78, 5) is 13.1. The number of aliphatic carboxylic acids is 1. The minimum absolute atomic E-state index is 0. The Bertz CT molecular complexity index is 755. The van der Waals surface area contributed by atoms with Crippen molar-refractivity contribution in [2.45, 2.75) is 51.9 Å². The number of piperidine rings is 1. The number of likely N-dealkylation sites (tertiary alicyclic amines) is 1. The van der Waals surface area contributed by atoms with Gasteiger partial charge >= 0.3 is 5.97 Å². The molecule has 3 rings (SSSR count). The van der Waals surface area contributed by atoms with E-state index in [1.165, 1.54) is 22.3 Å². The van der Waals surface area contributed by atoms with Crippen LogP contribution in [0.15, 0.2) is 48.5 Å². The summed E-state index contributed by atoms with van der Waals surface area (Å²) in [5.74, 6) is -0.752. The predicted molar refractivity (Wildman–Crippen MR) is 115 cm³/mol. The molecule has 1 unspecified atom stereocenters. The molecule has 1 atom stereocenters. The van der Waals surface area contributed by atoms with Crippen molar-refractivity contribution in [1.82, 2.24) is 4.90 Å². The van der Waals surface area contributed by atoms with Crippen molar-refractivity contribution in [3.63, 3.8) is 0 Å². The summed E-state index contributed by atoms with van der Waals surface area (Å²) in [6, 6.07) is 16.7. The van der Waals surface area contributed by atoms with E-state index in [9.17, 15) is 4.79 Å². The number of carboxylic acids is 1. The van der Waals surface area contributed by atoms with Crippen molar-refractivity contribution >= 4 is 18.4 Å². The maximum Gasteiger partial charge on any atom is 0.320 e. The number of halogens is 1. The van der Waals surface area contributed by atoms with Gasteiger partial charge in [0.25, 0.3) is 0 Å². The molecule has 0 saturated carbocycles. The Hall–Kier alpha value is -1.88. The molecular weight excluding hydrogens is 374 g/mol. The summed E-state index contributed by atoms with van der Waals surface area (Å²) in [5, 5.41) is 9.15. The molecule has 1 fully saturated rings. The third-order valence-corrected chi connectivity index (χ3v) is 5.55. The van der Waals surface area contributed by atoms with Crippen LogP contribution in [0.25, 0.3) is 11.1 Å². The van der Waals surface area contributed by atoms with E-state index in [4.69, 9.17) is 9.84 Å². The van der Waals surface area contributed by atoms with Gasteiger partial charge in [-0.1, -0.05) is 55.5 Å². The molecule has 4 nitrogen and oxygen atoms in total. The van der Waals surface area contributed by atoms with E-state index in [1.54, 1.807) is 6.92 Å². The minimum atomic E-state index is -0.752. The fourth-order valence-corrected chi connectivity index (χ4v) is 3.64. The quantitative estimate of drug-likeness (QED) is 0.721. The molecule has 1 aliphatic rings. The van der Waals surface area contributed by atoms with Crippen molar-refractivity contribution in [2.24, 2.45) is 0 Å². The molecule has 2 aromatic carbocycles. The highest BCUT2D eigenvalue weighted by Gasteiger charge is 2.26. The molecule has 28 heavy (non-hydrogen) atoms. The third-order valence-electron chi connectivity index (χ3n) is 5.55. The van der Waals surface area contributed by atoms with Crippen molar-refractivity contribution in [3.05, 3.63) is 59.7 Å². The van der Waals surface area contributed by atoms with Gasteiger partial charge in [0, 0.05) is 13.1 Å². The molecule has 0 aromatic heterocycles. The molecule has 0 aliphatic carbocycles. The van der Waals surface area contributed by atoms with Gasteiger partial charge in [-0.05, 0) is 48.4 Å². The van der Waals surface area contributed by atoms with Gasteiger partial charge in [0.2, 0.25) is 0 Å². The normalized spacial score (nSPS) is 16.4. The van der Waals surface area contributed by atoms with E-state index in [0.717, 1.165) is 32.4 Å². The zero-order valence-corrected chi connectivity index (χ0v) is 17.5. The van der Waals surface area contributed by atoms with Gasteiger partial charge < -0.3 is 9.84 Å². The van der Waals surface area contributed by atoms with Gasteiger partial charge in [-0.15, -0.1) is 12.4 Å². The molecule has 1 aliphatic heterocycles. The van der Waals surface area contributed by atoms with Crippen LogP contribution in [0.5, 0.6) is 0 Å². The van der Waals surface area contributed by atoms with E-state index in [1.807, 2.05) is 4.90 Å². The Morgan fingerprint density at radius 1 is 1.14 bits per heavy atom. The zero-order chi connectivity index (χ0) is 19.2. The topological polar surface area (TPSA) is 49.8 Å². The second-order valence-electron chi connectivity index (χ2n) is 7.27. The van der Waals surface area contributed by atoms with E-state index in [2.05, 4.69) is 55.5 Å². The van der Waals surface area contributed by atoms with Crippen LogP contribution in [-0.4, -0.2) is 41.2 Å². The molecule has 0 radical (unpaired) electrons. The Balaban J connectivity index is 0.00000280. The number of nitrogens with zero attached hydrogens (tertiary/aromatic N) is 1. The van der Waals surface area contributed by atoms with Crippen LogP contribution >= 0.6 is 12.4 Å². The van der Waals surface area contributed by atoms with Crippen molar-refractivity contribution in [1.29, 1.82) is 0 Å². The molecule has 0 bridgehead atoms. The number of carboxylic acid groups (broad SMARTS) is 1. The minimum Gasteiger partial charge on any atom is -0.480 e. The monoisotopic (exact) mass is 403 g/mol. The number of ether oxygens (including phenoxy) is 1. The van der Waals surface area contributed by atoms with Crippen LogP contribution in [0.3, 0.4) is 0 Å². The summed E-state index contributed by atoms with van der Waals surface area (Å²) in [5.41, 5.74) is 4.98. The van der Waals surface area contributed by atoms with Crippen LogP contribution < -0.4 is 0 Å². The predicted octanol–water partition coefficient (Wildman–Crippen LogP) is 4.79. The fraction of sp³-hybridized carbons (Fsp3) is 0.435. The summed E-state index contributed by atoms with van der Waals surface area (Å²) >= 11 is 0. The van der Waals surface area contributed by atoms with Crippen molar-refractivity contribution in [3.8, 4) is 11.1 Å². The molecular formula is C23H30ClNO3. The average Bonchev–Trinajstić information content (AvgIpc) is 2.72. The molecule has 152 valence electrons. The van der Waals surface area contributed by atoms with Crippen LogP contribution in [-0.2, 0) is 22.6 Å². The molecule has 1 heterocycles. The second kappa shape index (κ2) is 10.6. The standard InChI is InChI=1S/C23H29NO3.ClH/c1-3-18-8-10-19(11-9-18)22-7-5-4-6-20(22)16-27-21-12-14-24(15-13-21)17(2)23(25)26;/h4-11,17,21H,3,12-16H2,1-2H3,(H,25,26);1H. The SMILES string of the molecule is CCc1ccc(-c2ccccc2COC2CCN(C(C)C(=O)O)CC2)cc1.Cl. The lowest BCUT2D eigenvalue weighted by Gasteiger charge is -2.34. The number of benzene rings is 2. The first kappa shape index (κ1) is 22.4. The smallest absolute Gasteiger partial charge is 0.320 e. The Morgan fingerprint density at radius 2 is 1.79 bits per heavy atom. The van der Waals surface area contributed by atoms with Gasteiger partial charge in [-0.3, -0.25) is 9.69 Å². The highest BCUT2D eigenvalue weighted by molar-refractivity contribution is 5.85. The maximum absolute atomic E-state index is 11.1. The number of aryl methyl sites for hydroxylation is 1. The molecule has 1 N–H and O–H groups in total. The molecule has 1 saturated heterocycles. The number of rotatable bonds is 7. The Morgan fingerprint density at radius 3 is 2.39 bits per heavy atom. The molecule has 0 amide bonds. The average molecular weight is 404 g/mol. The van der Waals surface area contributed by atoms with Gasteiger partial charge in [0.1, 0.15) is 6.04 Å². The lowest BCUT2D eigenvalue weighted by Crippen LogP contribution is -2.45. The molecule has 2 aromatic rings. The zero-order valence-electron chi connectivity index (χ0n) is 16.6. The van der Waals surface area contributed by atoms with E-state index >= 15 is 0 Å². The third kappa shape index (κ3) is 5.57. The second-order valence-corrected chi connectivity index (χ2v) is 7.27. The summed E-state index contributed by atoms with van der Waals surface area (Å²) < 4.78 is 6.19. The van der Waals surface area contributed by atoms with E-state index < -0.39 is 12.0 Å². The maximum atomic E-state index is 11.1. The number of hydrogen-bond donors (Lipinski definition) is 1. The largest absolute Gasteiger partial charge is 0.480 e. The van der Waals surface area contributed by atoms with Crippen molar-refractivity contribution in [2.75, 3.05) is 13.1 Å². The lowest BCUT2D eigenvalue weighted by molar-refractivity contribution is -0.143. The van der Waals surface area contributed by atoms with Crippen molar-refractivity contribution < 1.29 is 14.6 Å². The first-order valence-corrected chi connectivity index (χ1v) is 9.84. The summed E-state index contributed by atoms with van der Waals surface area (Å²) in [6.45, 7) is 6.06. The van der Waals surface area contributed by atoms with Gasteiger partial charge in [0.15, 0.2) is 0 Å². The van der Waals surface area contributed by atoms with Gasteiger partial charge in [-0.2, -0.15) is 0 Å². The van der Waals surface area contributed by atoms with E-state index in [-0.39, 0.29) is 18.5 Å². The first-order valence-electron chi connectivity index (χ1n) is 9.84. The fourth-order valence-electron chi connectivity index (χ4n) is 3.64. The number of hydrogen-bond acceptors (Lipinski definition) is 3. The number of carbonyl (C=O) groups is 1. The Kier molecular flexibility index (Phi) is 8.49. The van der Waals surface area contributed by atoms with Crippen LogP contribution in [0.1, 0.15) is 37.8 Å². The molecule has 5 heteroatoms. The first-order chi connectivity index (χ1) is 13.1. The van der Waals surface area contributed by atoms with Crippen LogP contribution in [0.2, 0.25) is 0 Å². The lowest BCUT2D eigenvalue weighted by atomic mass is 9.98. The highest BCUT2D eigenvalue weighted by Crippen LogP contribution is 2.26. The van der Waals surface area contributed by atoms with Crippen LogP contribution in [0, 0.1) is 0 Å². The Labute approximate surface area is 173 Å². The summed E-state index contributed by atoms with van der Waals surface area (Å²) in [6.07, 6.45) is 3.00. The molecule has 0 spiro atoms. The van der Waals surface area contributed by atoms with Gasteiger partial charge in [0.05, 0.1) is 12.7 Å². The van der Waals surface area contributed by atoms with Gasteiger partial charge in [-0.25, -0.2) is 0 Å². The van der Waals surface area contributed by atoms with E-state index in [0.29, 0.717) is 6.61 Å². The van der Waals surface area contributed by atoms with Crippen LogP contribution in [0.4, 0.5) is 0 Å². The highest BCUT2D eigenvalue weighted by atomic mass is 35.5. The summed E-state index contributed by atoms with van der Waals surface area (Å²) in [7, 11) is 0.